The van der Waals surface area contributed by atoms with Crippen molar-refractivity contribution in [3.8, 4) is 0 Å². The number of alkyl halides is 1. The third kappa shape index (κ3) is 4.50. The van der Waals surface area contributed by atoms with Gasteiger partial charge in [0, 0.05) is 26.7 Å². The second-order valence-corrected chi connectivity index (χ2v) is 5.90. The lowest BCUT2D eigenvalue weighted by Crippen LogP contribution is -2.41. The number of nitrogens with zero attached hydrogens (tertiary/aromatic N) is 2. The molecule has 1 aliphatic heterocycles. The number of carbonyl (C=O) groups is 1. The highest BCUT2D eigenvalue weighted by molar-refractivity contribution is 6.27. The lowest BCUT2D eigenvalue weighted by atomic mass is 9.97. The Balaban J connectivity index is 1.84. The Morgan fingerprint density at radius 3 is 2.85 bits per heavy atom. The van der Waals surface area contributed by atoms with Crippen LogP contribution in [0, 0.1) is 5.92 Å². The van der Waals surface area contributed by atoms with Crippen LogP contribution in [0.25, 0.3) is 0 Å². The maximum atomic E-state index is 11.5. The Labute approximate surface area is 126 Å². The average Bonchev–Trinajstić information content (AvgIpc) is 2.47. The Bertz CT molecular complexity index is 424. The average molecular weight is 295 g/mol. The van der Waals surface area contributed by atoms with Crippen molar-refractivity contribution in [2.24, 2.45) is 5.92 Å². The molecule has 110 valence electrons. The molecule has 1 atom stereocenters. The van der Waals surface area contributed by atoms with E-state index in [9.17, 15) is 4.79 Å². The first kappa shape index (κ1) is 15.3. The third-order valence-corrected chi connectivity index (χ3v) is 4.15. The zero-order valence-corrected chi connectivity index (χ0v) is 12.9. The van der Waals surface area contributed by atoms with Crippen molar-refractivity contribution in [2.75, 3.05) is 32.6 Å². The van der Waals surface area contributed by atoms with Gasteiger partial charge in [-0.05, 0) is 30.9 Å². The van der Waals surface area contributed by atoms with Crippen molar-refractivity contribution in [3.63, 3.8) is 0 Å². The highest BCUT2D eigenvalue weighted by Gasteiger charge is 2.22. The van der Waals surface area contributed by atoms with Crippen LogP contribution in [0.4, 0.5) is 0 Å². The molecule has 1 amide bonds. The predicted octanol–water partition coefficient (Wildman–Crippen LogP) is 2.60. The number of benzene rings is 1. The number of amides is 1. The van der Waals surface area contributed by atoms with E-state index in [2.05, 4.69) is 35.2 Å². The van der Waals surface area contributed by atoms with Gasteiger partial charge < -0.3 is 4.90 Å². The summed E-state index contributed by atoms with van der Waals surface area (Å²) < 4.78 is 0. The van der Waals surface area contributed by atoms with Gasteiger partial charge in [0.1, 0.15) is 5.88 Å². The van der Waals surface area contributed by atoms with E-state index in [1.54, 1.807) is 4.90 Å². The van der Waals surface area contributed by atoms with Gasteiger partial charge in [-0.3, -0.25) is 9.69 Å². The summed E-state index contributed by atoms with van der Waals surface area (Å²) in [6.45, 7) is 4.04. The van der Waals surface area contributed by atoms with Crippen LogP contribution < -0.4 is 0 Å². The molecule has 1 aliphatic rings. The summed E-state index contributed by atoms with van der Waals surface area (Å²) in [5.41, 5.74) is 1.36. The summed E-state index contributed by atoms with van der Waals surface area (Å²) in [5, 5.41) is 0. The molecule has 0 spiro atoms. The number of piperidine rings is 1. The van der Waals surface area contributed by atoms with Crippen LogP contribution in [0.15, 0.2) is 30.3 Å². The van der Waals surface area contributed by atoms with Crippen LogP contribution in [0.3, 0.4) is 0 Å². The highest BCUT2D eigenvalue weighted by atomic mass is 35.5. The summed E-state index contributed by atoms with van der Waals surface area (Å²) in [7, 11) is 1.85. The van der Waals surface area contributed by atoms with E-state index >= 15 is 0 Å². The van der Waals surface area contributed by atoms with E-state index < -0.39 is 0 Å². The summed E-state index contributed by atoms with van der Waals surface area (Å²) >= 11 is 5.60. The first-order chi connectivity index (χ1) is 9.69. The van der Waals surface area contributed by atoms with Gasteiger partial charge in [-0.1, -0.05) is 30.3 Å². The Morgan fingerprint density at radius 1 is 1.40 bits per heavy atom. The quantitative estimate of drug-likeness (QED) is 0.780. The lowest BCUT2D eigenvalue weighted by molar-refractivity contribution is -0.128. The molecule has 4 heteroatoms. The molecular formula is C16H23ClN2O. The van der Waals surface area contributed by atoms with E-state index in [-0.39, 0.29) is 11.8 Å². The van der Waals surface area contributed by atoms with Gasteiger partial charge in [-0.2, -0.15) is 0 Å². The zero-order valence-electron chi connectivity index (χ0n) is 12.1. The van der Waals surface area contributed by atoms with Crippen LogP contribution in [0.5, 0.6) is 0 Å². The number of hydrogen-bond acceptors (Lipinski definition) is 2. The number of carbonyl (C=O) groups excluding carboxylic acids is 1. The van der Waals surface area contributed by atoms with Gasteiger partial charge in [-0.25, -0.2) is 0 Å². The van der Waals surface area contributed by atoms with Crippen molar-refractivity contribution >= 4 is 17.5 Å². The number of rotatable bonds is 5. The number of hydrogen-bond donors (Lipinski definition) is 0. The Morgan fingerprint density at radius 2 is 2.15 bits per heavy atom. The Kier molecular flexibility index (Phi) is 5.86. The van der Waals surface area contributed by atoms with E-state index in [0.717, 1.165) is 26.2 Å². The monoisotopic (exact) mass is 294 g/mol. The van der Waals surface area contributed by atoms with Crippen molar-refractivity contribution in [1.82, 2.24) is 9.80 Å². The Hall–Kier alpha value is -1.06. The van der Waals surface area contributed by atoms with E-state index in [1.807, 2.05) is 7.05 Å². The van der Waals surface area contributed by atoms with E-state index in [0.29, 0.717) is 5.92 Å². The molecule has 0 N–H and O–H groups in total. The van der Waals surface area contributed by atoms with Gasteiger partial charge in [0.25, 0.3) is 0 Å². The molecule has 20 heavy (non-hydrogen) atoms. The molecule has 1 saturated heterocycles. The molecule has 1 aromatic carbocycles. The molecule has 0 bridgehead atoms. The largest absolute Gasteiger partial charge is 0.344 e. The van der Waals surface area contributed by atoms with Gasteiger partial charge in [0.15, 0.2) is 0 Å². The van der Waals surface area contributed by atoms with Gasteiger partial charge >= 0.3 is 0 Å². The first-order valence-electron chi connectivity index (χ1n) is 7.25. The maximum absolute atomic E-state index is 11.5. The molecule has 1 aromatic rings. The topological polar surface area (TPSA) is 23.6 Å². The fourth-order valence-electron chi connectivity index (χ4n) is 2.88. The van der Waals surface area contributed by atoms with Crippen LogP contribution in [0.1, 0.15) is 18.4 Å². The SMILES string of the molecule is CN(C[C@H]1CCCN(Cc2ccccc2)C1)C(=O)CCl. The van der Waals surface area contributed by atoms with Crippen LogP contribution in [-0.2, 0) is 11.3 Å². The van der Waals surface area contributed by atoms with Crippen LogP contribution in [0.2, 0.25) is 0 Å². The molecule has 0 aliphatic carbocycles. The highest BCUT2D eigenvalue weighted by Crippen LogP contribution is 2.19. The molecular weight excluding hydrogens is 272 g/mol. The first-order valence-corrected chi connectivity index (χ1v) is 7.78. The number of halogens is 1. The minimum atomic E-state index is 0.0202. The summed E-state index contributed by atoms with van der Waals surface area (Å²) in [5.74, 6) is 0.660. The molecule has 1 heterocycles. The standard InChI is InChI=1S/C16H23ClN2O/c1-18(16(20)10-17)11-15-8-5-9-19(13-15)12-14-6-3-2-4-7-14/h2-4,6-7,15H,5,8-13H2,1H3/t15-/m1/s1. The third-order valence-electron chi connectivity index (χ3n) is 3.92. The van der Waals surface area contributed by atoms with E-state index in [1.165, 1.54) is 18.4 Å². The van der Waals surface area contributed by atoms with Gasteiger partial charge in [0.2, 0.25) is 5.91 Å². The molecule has 0 saturated carbocycles. The molecule has 0 aromatic heterocycles. The second kappa shape index (κ2) is 7.65. The van der Waals surface area contributed by atoms with Crippen molar-refractivity contribution in [2.45, 2.75) is 19.4 Å². The second-order valence-electron chi connectivity index (χ2n) is 5.64. The molecule has 1 fully saturated rings. The molecule has 0 unspecified atom stereocenters. The summed E-state index contributed by atoms with van der Waals surface area (Å²) in [6.07, 6.45) is 2.41. The maximum Gasteiger partial charge on any atom is 0.237 e. The van der Waals surface area contributed by atoms with Crippen molar-refractivity contribution < 1.29 is 4.79 Å². The van der Waals surface area contributed by atoms with Gasteiger partial charge in [0.05, 0.1) is 0 Å². The lowest BCUT2D eigenvalue weighted by Gasteiger charge is -2.34. The molecule has 0 radical (unpaired) electrons. The van der Waals surface area contributed by atoms with E-state index in [4.69, 9.17) is 11.6 Å². The minimum Gasteiger partial charge on any atom is -0.344 e. The molecule has 3 nitrogen and oxygen atoms in total. The van der Waals surface area contributed by atoms with Crippen LogP contribution >= 0.6 is 11.6 Å². The summed E-state index contributed by atoms with van der Waals surface area (Å²) in [6, 6.07) is 10.6. The fraction of sp³-hybridized carbons (Fsp3) is 0.562. The zero-order chi connectivity index (χ0) is 14.4. The predicted molar refractivity (Wildman–Crippen MR) is 82.8 cm³/mol. The van der Waals surface area contributed by atoms with Gasteiger partial charge in [-0.15, -0.1) is 11.6 Å². The molecule has 2 rings (SSSR count). The summed E-state index contributed by atoms with van der Waals surface area (Å²) in [4.78, 5) is 15.8. The minimum absolute atomic E-state index is 0.0202. The van der Waals surface area contributed by atoms with Crippen LogP contribution in [-0.4, -0.2) is 48.3 Å². The fourth-order valence-corrected chi connectivity index (χ4v) is 3.08. The smallest absolute Gasteiger partial charge is 0.237 e. The number of likely N-dealkylation sites (tertiary alicyclic amines) is 1. The normalized spacial score (nSPS) is 19.8. The van der Waals surface area contributed by atoms with Crippen molar-refractivity contribution in [3.05, 3.63) is 35.9 Å². The van der Waals surface area contributed by atoms with Crippen molar-refractivity contribution in [1.29, 1.82) is 0 Å².